The first-order chi connectivity index (χ1) is 14.6. The van der Waals surface area contributed by atoms with Gasteiger partial charge in [-0.3, -0.25) is 0 Å². The molecular weight excluding hydrogens is 370 g/mol. The molecule has 154 valence electrons. The van der Waals surface area contributed by atoms with E-state index in [1.807, 2.05) is 18.2 Å². The van der Waals surface area contributed by atoms with Gasteiger partial charge in [-0.05, 0) is 55.3 Å². The van der Waals surface area contributed by atoms with Crippen LogP contribution in [0.3, 0.4) is 0 Å². The van der Waals surface area contributed by atoms with Crippen molar-refractivity contribution in [2.75, 3.05) is 31.1 Å². The molecule has 0 aliphatic carbocycles. The Hall–Kier alpha value is -3.47. The number of imidazole rings is 1. The Labute approximate surface area is 178 Å². The van der Waals surface area contributed by atoms with Crippen LogP contribution in [0.25, 0.3) is 16.6 Å². The molecule has 5 heteroatoms. The zero-order valence-electron chi connectivity index (χ0n) is 17.5. The first-order valence-corrected chi connectivity index (χ1v) is 10.4. The van der Waals surface area contributed by atoms with Crippen LogP contribution in [0.4, 0.5) is 5.69 Å². The van der Waals surface area contributed by atoms with E-state index in [1.165, 1.54) is 11.3 Å². The maximum absolute atomic E-state index is 5.91. The Morgan fingerprint density at radius 2 is 1.90 bits per heavy atom. The summed E-state index contributed by atoms with van der Waals surface area (Å²) in [5.41, 5.74) is 12.2. The normalized spacial score (nSPS) is 15.7. The average Bonchev–Trinajstić information content (AvgIpc) is 3.01. The number of anilines is 1. The smallest absolute Gasteiger partial charge is 0.139 e. The van der Waals surface area contributed by atoms with E-state index in [9.17, 15) is 0 Å². The molecule has 5 nitrogen and oxygen atoms in total. The first-order valence-electron chi connectivity index (χ1n) is 10.4. The number of fused-ring (bicyclic) bond motifs is 1. The van der Waals surface area contributed by atoms with Gasteiger partial charge in [0.1, 0.15) is 5.82 Å². The minimum Gasteiger partial charge on any atom is -0.404 e. The fourth-order valence-corrected chi connectivity index (χ4v) is 3.87. The van der Waals surface area contributed by atoms with E-state index in [-0.39, 0.29) is 0 Å². The summed E-state index contributed by atoms with van der Waals surface area (Å²) in [6.07, 6.45) is 6.72. The lowest BCUT2D eigenvalue weighted by molar-refractivity contribution is 0.382. The van der Waals surface area contributed by atoms with E-state index in [1.54, 1.807) is 6.20 Å². The molecule has 0 unspecified atom stereocenters. The van der Waals surface area contributed by atoms with Crippen LogP contribution in [0.2, 0.25) is 0 Å². The molecule has 30 heavy (non-hydrogen) atoms. The Morgan fingerprint density at radius 1 is 1.07 bits per heavy atom. The highest BCUT2D eigenvalue weighted by molar-refractivity contribution is 5.81. The molecule has 1 saturated heterocycles. The van der Waals surface area contributed by atoms with Crippen molar-refractivity contribution < 1.29 is 0 Å². The summed E-state index contributed by atoms with van der Waals surface area (Å²) in [5, 5.41) is 0. The monoisotopic (exact) mass is 399 g/mol. The number of para-hydroxylation sites is 1. The van der Waals surface area contributed by atoms with Gasteiger partial charge in [0.05, 0.1) is 11.0 Å². The van der Waals surface area contributed by atoms with Gasteiger partial charge in [0.25, 0.3) is 0 Å². The van der Waals surface area contributed by atoms with Crippen molar-refractivity contribution in [1.82, 2.24) is 14.9 Å². The highest BCUT2D eigenvalue weighted by Gasteiger charge is 2.15. The third-order valence-electron chi connectivity index (χ3n) is 5.57. The van der Waals surface area contributed by atoms with Crippen molar-refractivity contribution in [3.8, 4) is 0 Å². The highest BCUT2D eigenvalue weighted by atomic mass is 15.2. The molecule has 3 aromatic rings. The lowest BCUT2D eigenvalue weighted by atomic mass is 10.2. The maximum Gasteiger partial charge on any atom is 0.139 e. The number of hydrogen-bond donors (Lipinski definition) is 2. The molecule has 1 fully saturated rings. The van der Waals surface area contributed by atoms with Gasteiger partial charge in [-0.1, -0.05) is 30.8 Å². The SMILES string of the molecule is C=C(/C=C\C(=C/N)c1nc2ccc(C)cc2[nH]1)N1CCCN(c2ccccc2)CC1. The third-order valence-corrected chi connectivity index (χ3v) is 5.57. The second-order valence-electron chi connectivity index (χ2n) is 7.72. The lowest BCUT2D eigenvalue weighted by Crippen LogP contribution is -2.29. The highest BCUT2D eigenvalue weighted by Crippen LogP contribution is 2.21. The van der Waals surface area contributed by atoms with E-state index in [4.69, 9.17) is 5.73 Å². The first kappa shape index (κ1) is 19.8. The topological polar surface area (TPSA) is 61.2 Å². The standard InChI is InChI=1S/C25H29N5/c1-19-9-12-23-24(17-19)28-25(27-23)21(18-26)11-10-20(2)29-13-6-14-30(16-15-29)22-7-4-3-5-8-22/h3-5,7-12,17-18H,2,6,13-16,26H2,1H3,(H,27,28)/b11-10-,21-18+. The molecule has 4 rings (SSSR count). The van der Waals surface area contributed by atoms with Crippen molar-refractivity contribution in [2.45, 2.75) is 13.3 Å². The van der Waals surface area contributed by atoms with Crippen LogP contribution in [-0.2, 0) is 0 Å². The number of aryl methyl sites for hydroxylation is 1. The fraction of sp³-hybridized carbons (Fsp3) is 0.240. The molecule has 0 amide bonds. The summed E-state index contributed by atoms with van der Waals surface area (Å²) < 4.78 is 0. The van der Waals surface area contributed by atoms with Gasteiger partial charge in [-0.2, -0.15) is 0 Å². The summed E-state index contributed by atoms with van der Waals surface area (Å²) in [6.45, 7) is 10.4. The molecule has 2 aromatic carbocycles. The zero-order chi connectivity index (χ0) is 20.9. The minimum absolute atomic E-state index is 0.772. The molecule has 0 spiro atoms. The number of nitrogens with one attached hydrogen (secondary N) is 1. The van der Waals surface area contributed by atoms with E-state index < -0.39 is 0 Å². The molecule has 0 saturated carbocycles. The number of aromatic amines is 1. The second-order valence-corrected chi connectivity index (χ2v) is 7.72. The fourth-order valence-electron chi connectivity index (χ4n) is 3.87. The number of H-pyrrole nitrogens is 1. The van der Waals surface area contributed by atoms with Crippen LogP contribution in [0.15, 0.2) is 79.2 Å². The van der Waals surface area contributed by atoms with Gasteiger partial charge in [-0.25, -0.2) is 4.98 Å². The van der Waals surface area contributed by atoms with Crippen LogP contribution in [0.1, 0.15) is 17.8 Å². The summed E-state index contributed by atoms with van der Waals surface area (Å²) in [7, 11) is 0. The molecule has 0 bridgehead atoms. The van der Waals surface area contributed by atoms with Gasteiger partial charge >= 0.3 is 0 Å². The van der Waals surface area contributed by atoms with Gasteiger partial charge in [-0.15, -0.1) is 0 Å². The van der Waals surface area contributed by atoms with Crippen LogP contribution in [0.5, 0.6) is 0 Å². The van der Waals surface area contributed by atoms with Crippen molar-refractivity contribution in [3.05, 3.63) is 90.5 Å². The number of nitrogens with two attached hydrogens (primary N) is 1. The van der Waals surface area contributed by atoms with Gasteiger partial charge in [0.2, 0.25) is 0 Å². The molecule has 1 aliphatic heterocycles. The number of hydrogen-bond acceptors (Lipinski definition) is 4. The molecule has 0 atom stereocenters. The van der Waals surface area contributed by atoms with Crippen LogP contribution < -0.4 is 10.6 Å². The van der Waals surface area contributed by atoms with Crippen molar-refractivity contribution in [3.63, 3.8) is 0 Å². The van der Waals surface area contributed by atoms with Crippen LogP contribution >= 0.6 is 0 Å². The van der Waals surface area contributed by atoms with Crippen molar-refractivity contribution in [1.29, 1.82) is 0 Å². The van der Waals surface area contributed by atoms with E-state index in [2.05, 4.69) is 75.7 Å². The number of rotatable bonds is 5. The molecule has 2 heterocycles. The molecule has 1 aromatic heterocycles. The molecule has 3 N–H and O–H groups in total. The number of benzene rings is 2. The number of aromatic nitrogens is 2. The summed E-state index contributed by atoms with van der Waals surface area (Å²) in [5.74, 6) is 0.772. The predicted octanol–water partition coefficient (Wildman–Crippen LogP) is 4.45. The summed E-state index contributed by atoms with van der Waals surface area (Å²) in [4.78, 5) is 12.8. The lowest BCUT2D eigenvalue weighted by Gasteiger charge is -2.25. The van der Waals surface area contributed by atoms with Crippen LogP contribution in [-0.4, -0.2) is 41.0 Å². The number of nitrogens with zero attached hydrogens (tertiary/aromatic N) is 3. The third kappa shape index (κ3) is 4.40. The van der Waals surface area contributed by atoms with Crippen molar-refractivity contribution >= 4 is 22.3 Å². The summed E-state index contributed by atoms with van der Waals surface area (Å²) in [6, 6.07) is 16.8. The Kier molecular flexibility index (Phi) is 5.89. The Morgan fingerprint density at radius 3 is 2.70 bits per heavy atom. The molecule has 0 radical (unpaired) electrons. The maximum atomic E-state index is 5.91. The van der Waals surface area contributed by atoms with E-state index in [0.717, 1.165) is 60.7 Å². The predicted molar refractivity (Wildman–Crippen MR) is 126 cm³/mol. The van der Waals surface area contributed by atoms with Gasteiger partial charge in [0, 0.05) is 49.3 Å². The largest absolute Gasteiger partial charge is 0.404 e. The van der Waals surface area contributed by atoms with Crippen LogP contribution in [0, 0.1) is 6.92 Å². The van der Waals surface area contributed by atoms with E-state index in [0.29, 0.717) is 0 Å². The zero-order valence-corrected chi connectivity index (χ0v) is 17.5. The van der Waals surface area contributed by atoms with Gasteiger partial charge < -0.3 is 20.5 Å². The second kappa shape index (κ2) is 8.91. The number of allylic oxidation sites excluding steroid dienone is 3. The van der Waals surface area contributed by atoms with Gasteiger partial charge in [0.15, 0.2) is 0 Å². The van der Waals surface area contributed by atoms with E-state index >= 15 is 0 Å². The molecular formula is C25H29N5. The Bertz CT molecular complexity index is 1080. The summed E-state index contributed by atoms with van der Waals surface area (Å²) >= 11 is 0. The molecule has 1 aliphatic rings. The average molecular weight is 400 g/mol. The van der Waals surface area contributed by atoms with Crippen molar-refractivity contribution in [2.24, 2.45) is 5.73 Å². The quantitative estimate of drug-likeness (QED) is 0.622. The minimum atomic E-state index is 0.772. The Balaban J connectivity index is 1.42.